The van der Waals surface area contributed by atoms with E-state index in [4.69, 9.17) is 23.4 Å². The smallest absolute Gasteiger partial charge is 0 e. The summed E-state index contributed by atoms with van der Waals surface area (Å²) in [5.74, 6) is 0.369. The van der Waals surface area contributed by atoms with E-state index < -0.39 is 5.41 Å². The number of para-hydroxylation sites is 1. The molecule has 1 aliphatic heterocycles. The second-order valence-corrected chi connectivity index (χ2v) is 6.47. The number of rotatable bonds is 4. The van der Waals surface area contributed by atoms with Crippen LogP contribution in [0.1, 0.15) is 19.3 Å². The quantitative estimate of drug-likeness (QED) is 0.285. The Morgan fingerprint density at radius 2 is 1.72 bits per heavy atom. The minimum Gasteiger partial charge on any atom is 0 e. The van der Waals surface area contributed by atoms with Crippen molar-refractivity contribution in [2.45, 2.75) is 19.3 Å². The summed E-state index contributed by atoms with van der Waals surface area (Å²) in [7, 11) is 2.99. The maximum atomic E-state index is 13.5. The number of carbonyl (C=O) groups excluding carboxylic acids is 2. The van der Waals surface area contributed by atoms with Crippen LogP contribution in [0, 0.1) is 31.3 Å². The SMILES string of the molecule is COC(=O)C[C@@H]1CCN(c2ccccc2)C(=O)[C@@]12C=CC=C(OC)C2.[C-]#[O+].[C-]#[O+].[C-]#[O+].[Fe]. The molecule has 170 valence electrons. The molecule has 1 amide bonds. The van der Waals surface area contributed by atoms with E-state index in [0.717, 1.165) is 17.9 Å². The Kier molecular flexibility index (Phi) is 16.5. The number of carbonyl (C=O) groups is 2. The molecule has 0 N–H and O–H groups in total. The molecule has 1 heterocycles. The molecular weight excluding hydrogens is 458 g/mol. The molecule has 1 aromatic rings. The molecule has 1 aliphatic carbocycles. The third kappa shape index (κ3) is 7.40. The number of piperidine rings is 1. The maximum absolute atomic E-state index is 13.5. The van der Waals surface area contributed by atoms with Gasteiger partial charge in [-0.05, 0) is 30.5 Å². The Hall–Kier alpha value is -2.82. The first-order chi connectivity index (χ1) is 15.1. The van der Waals surface area contributed by atoms with Crippen LogP contribution in [0.3, 0.4) is 0 Å². The van der Waals surface area contributed by atoms with Gasteiger partial charge in [0.05, 0.1) is 25.4 Å². The van der Waals surface area contributed by atoms with Crippen LogP contribution < -0.4 is 4.90 Å². The molecule has 8 nitrogen and oxygen atoms in total. The van der Waals surface area contributed by atoms with E-state index in [0.29, 0.717) is 13.0 Å². The summed E-state index contributed by atoms with van der Waals surface area (Å²) >= 11 is 0. The van der Waals surface area contributed by atoms with Gasteiger partial charge in [-0.15, -0.1) is 0 Å². The van der Waals surface area contributed by atoms with Crippen LogP contribution in [0.4, 0.5) is 5.69 Å². The Morgan fingerprint density at radius 3 is 2.25 bits per heavy atom. The van der Waals surface area contributed by atoms with Crippen molar-refractivity contribution in [3.8, 4) is 0 Å². The van der Waals surface area contributed by atoms with E-state index in [-0.39, 0.29) is 41.3 Å². The number of anilines is 1. The van der Waals surface area contributed by atoms with E-state index in [1.807, 2.05) is 53.5 Å². The summed E-state index contributed by atoms with van der Waals surface area (Å²) < 4.78 is 32.8. The molecule has 2 atom stereocenters. The monoisotopic (exact) mass is 481 g/mol. The Bertz CT molecular complexity index is 831. The predicted octanol–water partition coefficient (Wildman–Crippen LogP) is 2.96. The number of amides is 1. The standard InChI is InChI=1S/C20H23NO4.3CO.Fe/c1-24-17-9-6-11-20(14-17)15(13-18(22)25-2)10-12-21(19(20)23)16-7-4-3-5-8-16;3*1-2;/h3-9,11,15H,10,12-14H2,1-2H3;;;;/t15-,20+;;;;/m0..../s1. The van der Waals surface area contributed by atoms with Crippen LogP contribution in [0.15, 0.2) is 54.3 Å². The third-order valence-electron chi connectivity index (χ3n) is 5.19. The number of hydrogen-bond acceptors (Lipinski definition) is 4. The largest absolute Gasteiger partial charge is 0 e. The first-order valence-corrected chi connectivity index (χ1v) is 9.08. The molecule has 0 bridgehead atoms. The van der Waals surface area contributed by atoms with Gasteiger partial charge in [0.2, 0.25) is 5.91 Å². The summed E-state index contributed by atoms with van der Waals surface area (Å²) in [5, 5.41) is 0. The number of ether oxygens (including phenoxy) is 2. The topological polar surface area (TPSA) is 116 Å². The molecule has 32 heavy (non-hydrogen) atoms. The van der Waals surface area contributed by atoms with Crippen molar-refractivity contribution >= 4 is 17.6 Å². The summed E-state index contributed by atoms with van der Waals surface area (Å²) in [6.45, 7) is 14.1. The minimum absolute atomic E-state index is 0. The van der Waals surface area contributed by atoms with Crippen LogP contribution in [0.25, 0.3) is 0 Å². The summed E-state index contributed by atoms with van der Waals surface area (Å²) in [6.07, 6.45) is 7.09. The molecule has 1 spiro atoms. The van der Waals surface area contributed by atoms with E-state index >= 15 is 0 Å². The Labute approximate surface area is 198 Å². The normalized spacial score (nSPS) is 20.2. The van der Waals surface area contributed by atoms with Crippen molar-refractivity contribution in [1.29, 1.82) is 0 Å². The van der Waals surface area contributed by atoms with Gasteiger partial charge >= 0.3 is 39.9 Å². The zero-order chi connectivity index (χ0) is 23.9. The number of benzene rings is 1. The zero-order valence-electron chi connectivity index (χ0n) is 17.7. The van der Waals surface area contributed by atoms with Crippen LogP contribution in [0.5, 0.6) is 0 Å². The minimum atomic E-state index is -0.775. The second-order valence-electron chi connectivity index (χ2n) is 6.47. The molecule has 0 saturated carbocycles. The fourth-order valence-electron chi connectivity index (χ4n) is 3.79. The molecule has 1 aromatic carbocycles. The van der Waals surface area contributed by atoms with Crippen LogP contribution >= 0.6 is 0 Å². The molecule has 9 heteroatoms. The average molecular weight is 481 g/mol. The van der Waals surface area contributed by atoms with Gasteiger partial charge in [-0.25, -0.2) is 0 Å². The van der Waals surface area contributed by atoms with Crippen LogP contribution in [-0.4, -0.2) is 32.6 Å². The van der Waals surface area contributed by atoms with Gasteiger partial charge in [-0.2, -0.15) is 0 Å². The van der Waals surface area contributed by atoms with Crippen molar-refractivity contribution < 1.29 is 50.1 Å². The van der Waals surface area contributed by atoms with Gasteiger partial charge in [0.15, 0.2) is 0 Å². The first-order valence-electron chi connectivity index (χ1n) is 9.08. The summed E-state index contributed by atoms with van der Waals surface area (Å²) in [6, 6.07) is 9.65. The fraction of sp³-hybridized carbons (Fsp3) is 0.348. The molecule has 0 radical (unpaired) electrons. The van der Waals surface area contributed by atoms with Crippen molar-refractivity contribution in [2.24, 2.45) is 11.3 Å². The molecule has 0 aromatic heterocycles. The van der Waals surface area contributed by atoms with Crippen LogP contribution in [-0.2, 0) is 50.1 Å². The first kappa shape index (κ1) is 31.4. The molecule has 1 fully saturated rings. The summed E-state index contributed by atoms with van der Waals surface area (Å²) in [5.41, 5.74) is 0.104. The van der Waals surface area contributed by atoms with Crippen molar-refractivity contribution in [2.75, 3.05) is 25.7 Å². The number of nitrogens with zero attached hydrogens (tertiary/aromatic N) is 1. The van der Waals surface area contributed by atoms with E-state index in [9.17, 15) is 9.59 Å². The number of allylic oxidation sites excluding steroid dienone is 3. The average Bonchev–Trinajstić information content (AvgIpc) is 2.86. The molecular formula is C23H23FeNO7. The van der Waals surface area contributed by atoms with E-state index in [2.05, 4.69) is 20.0 Å². The van der Waals surface area contributed by atoms with Crippen LogP contribution in [0.2, 0.25) is 0 Å². The summed E-state index contributed by atoms with van der Waals surface area (Å²) in [4.78, 5) is 27.2. The fourth-order valence-corrected chi connectivity index (χ4v) is 3.79. The maximum Gasteiger partial charge on any atom is 0 e. The number of methoxy groups -OCH3 is 2. The Morgan fingerprint density at radius 1 is 1.12 bits per heavy atom. The van der Waals surface area contributed by atoms with Gasteiger partial charge in [-0.3, -0.25) is 9.59 Å². The number of esters is 1. The third-order valence-corrected chi connectivity index (χ3v) is 5.19. The van der Waals surface area contributed by atoms with Gasteiger partial charge in [-0.1, -0.05) is 30.4 Å². The van der Waals surface area contributed by atoms with E-state index in [1.54, 1.807) is 7.11 Å². The predicted molar refractivity (Wildman–Crippen MR) is 107 cm³/mol. The van der Waals surface area contributed by atoms with Gasteiger partial charge in [0, 0.05) is 42.1 Å². The zero-order valence-corrected chi connectivity index (χ0v) is 18.8. The molecule has 1 saturated heterocycles. The van der Waals surface area contributed by atoms with Gasteiger partial charge < -0.3 is 14.4 Å². The molecule has 0 unspecified atom stereocenters. The van der Waals surface area contributed by atoms with Gasteiger partial charge in [0.25, 0.3) is 0 Å². The van der Waals surface area contributed by atoms with Crippen molar-refractivity contribution in [3.63, 3.8) is 0 Å². The van der Waals surface area contributed by atoms with E-state index in [1.165, 1.54) is 7.11 Å². The van der Waals surface area contributed by atoms with Crippen molar-refractivity contribution in [3.05, 3.63) is 74.3 Å². The number of hydrogen-bond donors (Lipinski definition) is 0. The molecule has 3 rings (SSSR count). The van der Waals surface area contributed by atoms with Crippen molar-refractivity contribution in [1.82, 2.24) is 0 Å². The van der Waals surface area contributed by atoms with Gasteiger partial charge in [0.1, 0.15) is 0 Å². The Balaban J connectivity index is 0. The molecule has 2 aliphatic rings. The second kappa shape index (κ2) is 16.8.